The van der Waals surface area contributed by atoms with Crippen molar-refractivity contribution in [1.82, 2.24) is 14.9 Å². The summed E-state index contributed by atoms with van der Waals surface area (Å²) in [5.41, 5.74) is -1.12. The molecule has 1 atom stereocenters. The largest absolute Gasteiger partial charge is 0.479 e. The first-order chi connectivity index (χ1) is 11.8. The average molecular weight is 346 g/mol. The second-order valence-corrected chi connectivity index (χ2v) is 5.51. The summed E-state index contributed by atoms with van der Waals surface area (Å²) in [5, 5.41) is 23.0. The number of carboxylic acids is 1. The van der Waals surface area contributed by atoms with Crippen LogP contribution in [0.25, 0.3) is 0 Å². The minimum absolute atomic E-state index is 0.140. The summed E-state index contributed by atoms with van der Waals surface area (Å²) in [6, 6.07) is 8.40. The molecule has 0 saturated heterocycles. The number of hydrogen-bond acceptors (Lipinski definition) is 5. The van der Waals surface area contributed by atoms with Gasteiger partial charge in [0.05, 0.1) is 0 Å². The Morgan fingerprint density at radius 3 is 2.48 bits per heavy atom. The number of imidazole rings is 1. The van der Waals surface area contributed by atoms with E-state index in [-0.39, 0.29) is 18.8 Å². The summed E-state index contributed by atoms with van der Waals surface area (Å²) in [5.74, 6) is -1.83. The van der Waals surface area contributed by atoms with Gasteiger partial charge in [-0.25, -0.2) is 4.79 Å². The van der Waals surface area contributed by atoms with Crippen molar-refractivity contribution in [3.63, 3.8) is 0 Å². The van der Waals surface area contributed by atoms with Crippen molar-refractivity contribution in [2.75, 3.05) is 0 Å². The van der Waals surface area contributed by atoms with Crippen LogP contribution < -0.4 is 5.32 Å². The molecular weight excluding hydrogens is 328 g/mol. The fourth-order valence-electron chi connectivity index (χ4n) is 2.59. The third kappa shape index (κ3) is 3.65. The number of nitro groups is 1. The average Bonchev–Trinajstić information content (AvgIpc) is 2.94. The summed E-state index contributed by atoms with van der Waals surface area (Å²) in [7, 11) is 0. The first-order valence-electron chi connectivity index (χ1n) is 7.58. The predicted octanol–water partition coefficient (Wildman–Crippen LogP) is 1.61. The van der Waals surface area contributed by atoms with E-state index in [0.29, 0.717) is 11.4 Å². The van der Waals surface area contributed by atoms with E-state index in [9.17, 15) is 24.8 Å². The second-order valence-electron chi connectivity index (χ2n) is 5.51. The molecule has 1 unspecified atom stereocenters. The van der Waals surface area contributed by atoms with Crippen LogP contribution in [0.2, 0.25) is 0 Å². The maximum atomic E-state index is 12.4. The Morgan fingerprint density at radius 2 is 2.00 bits per heavy atom. The van der Waals surface area contributed by atoms with Gasteiger partial charge >= 0.3 is 11.8 Å². The van der Waals surface area contributed by atoms with Gasteiger partial charge in [0.25, 0.3) is 0 Å². The maximum Gasteiger partial charge on any atom is 0.381 e. The number of nitrogens with one attached hydrogen (secondary N) is 1. The van der Waals surface area contributed by atoms with Crippen molar-refractivity contribution >= 4 is 17.7 Å². The van der Waals surface area contributed by atoms with Crippen LogP contribution in [0.15, 0.2) is 36.5 Å². The minimum Gasteiger partial charge on any atom is -0.479 e. The smallest absolute Gasteiger partial charge is 0.381 e. The highest BCUT2D eigenvalue weighted by Crippen LogP contribution is 2.25. The molecule has 1 heterocycles. The number of carbonyl (C=O) groups is 2. The van der Waals surface area contributed by atoms with Crippen LogP contribution in [-0.2, 0) is 21.7 Å². The highest BCUT2D eigenvalue weighted by Gasteiger charge is 2.40. The van der Waals surface area contributed by atoms with E-state index in [4.69, 9.17) is 0 Å². The summed E-state index contributed by atoms with van der Waals surface area (Å²) in [6.45, 7) is 2.92. The Balaban J connectivity index is 2.26. The molecule has 1 aromatic carbocycles. The van der Waals surface area contributed by atoms with E-state index < -0.39 is 22.3 Å². The standard InChI is InChI=1S/C16H18N4O5/c1-3-16(15(22)23,12-7-5-4-6-8-12)18-14(21)10-19-9-13(20(24)25)17-11(19)2/h4-9H,3,10H2,1-2H3,(H,18,21)(H,22,23). The van der Waals surface area contributed by atoms with Crippen molar-refractivity contribution in [1.29, 1.82) is 0 Å². The SMILES string of the molecule is CCC(NC(=O)Cn1cc([N+](=O)[O-])nc1C)(C(=O)O)c1ccccc1. The maximum absolute atomic E-state index is 12.4. The molecule has 1 aromatic heterocycles. The van der Waals surface area contributed by atoms with Crippen LogP contribution in [-0.4, -0.2) is 31.5 Å². The van der Waals surface area contributed by atoms with Gasteiger partial charge in [-0.2, -0.15) is 0 Å². The molecule has 0 bridgehead atoms. The third-order valence-corrected chi connectivity index (χ3v) is 3.98. The molecule has 0 aliphatic heterocycles. The molecule has 0 aliphatic rings. The number of amides is 1. The molecule has 0 spiro atoms. The van der Waals surface area contributed by atoms with E-state index in [1.54, 1.807) is 37.3 Å². The molecule has 2 rings (SSSR count). The molecule has 1 amide bonds. The van der Waals surface area contributed by atoms with Gasteiger partial charge in [0.2, 0.25) is 11.7 Å². The first-order valence-corrected chi connectivity index (χ1v) is 7.58. The van der Waals surface area contributed by atoms with Crippen LogP contribution >= 0.6 is 0 Å². The Hall–Kier alpha value is -3.23. The molecule has 9 nitrogen and oxygen atoms in total. The monoisotopic (exact) mass is 346 g/mol. The van der Waals surface area contributed by atoms with E-state index in [2.05, 4.69) is 10.3 Å². The molecule has 2 N–H and O–H groups in total. The Morgan fingerprint density at radius 1 is 1.36 bits per heavy atom. The van der Waals surface area contributed by atoms with Gasteiger partial charge in [0, 0.05) is 6.92 Å². The van der Waals surface area contributed by atoms with Crippen LogP contribution in [0.4, 0.5) is 5.82 Å². The van der Waals surface area contributed by atoms with E-state index in [1.165, 1.54) is 11.5 Å². The number of carboxylic acid groups (broad SMARTS) is 1. The lowest BCUT2D eigenvalue weighted by atomic mass is 9.87. The lowest BCUT2D eigenvalue weighted by Crippen LogP contribution is -2.52. The lowest BCUT2D eigenvalue weighted by Gasteiger charge is -2.30. The van der Waals surface area contributed by atoms with Gasteiger partial charge in [-0.15, -0.1) is 0 Å². The van der Waals surface area contributed by atoms with Gasteiger partial charge in [0.15, 0.2) is 5.54 Å². The van der Waals surface area contributed by atoms with Crippen LogP contribution in [0, 0.1) is 17.0 Å². The van der Waals surface area contributed by atoms with Crippen molar-refractivity contribution in [3.05, 3.63) is 58.0 Å². The van der Waals surface area contributed by atoms with Crippen molar-refractivity contribution in [2.24, 2.45) is 0 Å². The van der Waals surface area contributed by atoms with E-state index >= 15 is 0 Å². The van der Waals surface area contributed by atoms with Gasteiger partial charge in [-0.05, 0) is 21.9 Å². The Kier molecular flexibility index (Phi) is 5.16. The molecule has 0 radical (unpaired) electrons. The van der Waals surface area contributed by atoms with Crippen LogP contribution in [0.3, 0.4) is 0 Å². The van der Waals surface area contributed by atoms with Crippen molar-refractivity contribution in [2.45, 2.75) is 32.4 Å². The quantitative estimate of drug-likeness (QED) is 0.579. The highest BCUT2D eigenvalue weighted by molar-refractivity contribution is 5.88. The fourth-order valence-corrected chi connectivity index (χ4v) is 2.59. The van der Waals surface area contributed by atoms with Crippen LogP contribution in [0.5, 0.6) is 0 Å². The lowest BCUT2D eigenvalue weighted by molar-refractivity contribution is -0.389. The summed E-state index contributed by atoms with van der Waals surface area (Å²) >= 11 is 0. The molecule has 2 aromatic rings. The van der Waals surface area contributed by atoms with Crippen molar-refractivity contribution in [3.8, 4) is 0 Å². The van der Waals surface area contributed by atoms with Gasteiger partial charge in [0.1, 0.15) is 12.7 Å². The second kappa shape index (κ2) is 7.12. The summed E-state index contributed by atoms with van der Waals surface area (Å²) < 4.78 is 1.31. The molecule has 25 heavy (non-hydrogen) atoms. The molecule has 0 saturated carbocycles. The summed E-state index contributed by atoms with van der Waals surface area (Å²) in [6.07, 6.45) is 1.28. The van der Waals surface area contributed by atoms with E-state index in [0.717, 1.165) is 6.20 Å². The predicted molar refractivity (Wildman–Crippen MR) is 87.8 cm³/mol. The third-order valence-electron chi connectivity index (χ3n) is 3.98. The number of carbonyl (C=O) groups excluding carboxylic acids is 1. The topological polar surface area (TPSA) is 127 Å². The fraction of sp³-hybridized carbons (Fsp3) is 0.312. The molecule has 0 fully saturated rings. The minimum atomic E-state index is -1.57. The number of aryl methyl sites for hydroxylation is 1. The Bertz CT molecular complexity index is 802. The number of rotatable bonds is 7. The van der Waals surface area contributed by atoms with Gasteiger partial charge in [-0.1, -0.05) is 37.3 Å². The molecule has 0 aliphatic carbocycles. The normalized spacial score (nSPS) is 13.0. The number of nitrogens with zero attached hydrogens (tertiary/aromatic N) is 3. The first kappa shape index (κ1) is 18.1. The van der Waals surface area contributed by atoms with Crippen LogP contribution in [0.1, 0.15) is 24.7 Å². The zero-order valence-electron chi connectivity index (χ0n) is 13.8. The number of aliphatic carboxylic acids is 1. The highest BCUT2D eigenvalue weighted by atomic mass is 16.6. The van der Waals surface area contributed by atoms with E-state index in [1.807, 2.05) is 0 Å². The zero-order chi connectivity index (χ0) is 18.6. The van der Waals surface area contributed by atoms with Gasteiger partial charge in [-0.3, -0.25) is 9.36 Å². The molecular formula is C16H18N4O5. The van der Waals surface area contributed by atoms with Gasteiger partial charge < -0.3 is 20.5 Å². The summed E-state index contributed by atoms with van der Waals surface area (Å²) in [4.78, 5) is 38.1. The zero-order valence-corrected chi connectivity index (χ0v) is 13.8. The van der Waals surface area contributed by atoms with Crippen molar-refractivity contribution < 1.29 is 19.6 Å². The number of aromatic nitrogens is 2. The molecule has 9 heteroatoms. The Labute approximate surface area is 143 Å². The number of hydrogen-bond donors (Lipinski definition) is 2. The molecule has 132 valence electrons. The number of benzene rings is 1.